The summed E-state index contributed by atoms with van der Waals surface area (Å²) in [5, 5.41) is 30.2. The van der Waals surface area contributed by atoms with Gasteiger partial charge in [0.15, 0.2) is 11.6 Å². The van der Waals surface area contributed by atoms with Gasteiger partial charge in [-0.2, -0.15) is 0 Å². The number of aromatic hydroxyl groups is 2. The maximum absolute atomic E-state index is 13.3. The third kappa shape index (κ3) is 2.46. The summed E-state index contributed by atoms with van der Waals surface area (Å²) in [6.45, 7) is 0. The molecule has 0 saturated carbocycles. The van der Waals surface area contributed by atoms with Crippen molar-refractivity contribution in [2.24, 2.45) is 5.16 Å². The predicted molar refractivity (Wildman–Crippen MR) is 69.6 cm³/mol. The number of rotatable bonds is 2. The van der Waals surface area contributed by atoms with E-state index in [-0.39, 0.29) is 16.3 Å². The number of nitrogens with zero attached hydrogens (tertiary/aromatic N) is 1. The van der Waals surface area contributed by atoms with Crippen molar-refractivity contribution in [1.82, 2.24) is 0 Å². The van der Waals surface area contributed by atoms with Crippen molar-refractivity contribution in [3.8, 4) is 22.6 Å². The average molecular weight is 282 g/mol. The minimum Gasteiger partial charge on any atom is -0.506 e. The van der Waals surface area contributed by atoms with Crippen LogP contribution in [0.2, 0.25) is 5.02 Å². The molecule has 0 saturated heterocycles. The van der Waals surface area contributed by atoms with Crippen LogP contribution in [-0.2, 0) is 0 Å². The first-order chi connectivity index (χ1) is 9.04. The number of phenols is 2. The van der Waals surface area contributed by atoms with Crippen molar-refractivity contribution >= 4 is 17.8 Å². The summed E-state index contributed by atoms with van der Waals surface area (Å²) in [7, 11) is 0. The van der Waals surface area contributed by atoms with E-state index in [1.807, 2.05) is 0 Å². The Hall–Kier alpha value is -2.27. The first kappa shape index (κ1) is 13.2. The molecule has 4 nitrogen and oxygen atoms in total. The summed E-state index contributed by atoms with van der Waals surface area (Å²) < 4.78 is 13.3. The summed E-state index contributed by atoms with van der Waals surface area (Å²) in [5.41, 5.74) is 1.03. The molecule has 0 aliphatic rings. The molecule has 2 aromatic rings. The number of phenolic OH excluding ortho intramolecular Hbond substituents is 2. The summed E-state index contributed by atoms with van der Waals surface area (Å²) >= 11 is 5.98. The Balaban J connectivity index is 2.57. The Labute approximate surface area is 113 Å². The lowest BCUT2D eigenvalue weighted by molar-refractivity contribution is 0.321. The molecule has 0 spiro atoms. The van der Waals surface area contributed by atoms with E-state index in [2.05, 4.69) is 5.16 Å². The standard InChI is InChI=1S/C13H9ClFNO3/c14-12-9(3-1-8(6-16-19)13(12)18)7-2-4-11(17)10(15)5-7/h1-6,17-19H/b16-6-. The van der Waals surface area contributed by atoms with Crippen LogP contribution in [0.15, 0.2) is 35.5 Å². The smallest absolute Gasteiger partial charge is 0.165 e. The van der Waals surface area contributed by atoms with E-state index in [4.69, 9.17) is 21.9 Å². The maximum atomic E-state index is 13.3. The maximum Gasteiger partial charge on any atom is 0.165 e. The third-order valence-electron chi connectivity index (χ3n) is 2.60. The van der Waals surface area contributed by atoms with Gasteiger partial charge in [0.25, 0.3) is 0 Å². The molecule has 19 heavy (non-hydrogen) atoms. The zero-order chi connectivity index (χ0) is 14.0. The van der Waals surface area contributed by atoms with Crippen LogP contribution in [-0.4, -0.2) is 21.6 Å². The Morgan fingerprint density at radius 1 is 1.16 bits per heavy atom. The lowest BCUT2D eigenvalue weighted by Crippen LogP contribution is -1.88. The molecule has 2 rings (SSSR count). The molecule has 98 valence electrons. The Bertz CT molecular complexity index is 659. The molecule has 0 aromatic heterocycles. The Morgan fingerprint density at radius 3 is 2.53 bits per heavy atom. The molecule has 0 amide bonds. The molecule has 0 radical (unpaired) electrons. The van der Waals surface area contributed by atoms with Gasteiger partial charge in [0.05, 0.1) is 11.2 Å². The molecular formula is C13H9ClFNO3. The molecule has 6 heteroatoms. The average Bonchev–Trinajstić information content (AvgIpc) is 2.39. The van der Waals surface area contributed by atoms with Gasteiger partial charge in [0.2, 0.25) is 0 Å². The molecule has 0 heterocycles. The molecule has 0 unspecified atom stereocenters. The summed E-state index contributed by atoms with van der Waals surface area (Å²) in [4.78, 5) is 0. The largest absolute Gasteiger partial charge is 0.506 e. The normalized spacial score (nSPS) is 11.1. The molecule has 0 fully saturated rings. The molecular weight excluding hydrogens is 273 g/mol. The number of hydrogen-bond donors (Lipinski definition) is 3. The van der Waals surface area contributed by atoms with Gasteiger partial charge in [-0.1, -0.05) is 28.9 Å². The van der Waals surface area contributed by atoms with Crippen LogP contribution in [0.3, 0.4) is 0 Å². The molecule has 0 atom stereocenters. The predicted octanol–water partition coefficient (Wildman–Crippen LogP) is 3.37. The molecule has 0 bridgehead atoms. The summed E-state index contributed by atoms with van der Waals surface area (Å²) in [6.07, 6.45) is 1.03. The quantitative estimate of drug-likeness (QED) is 0.449. The summed E-state index contributed by atoms with van der Waals surface area (Å²) in [6, 6.07) is 6.79. The van der Waals surface area contributed by atoms with E-state index < -0.39 is 11.6 Å². The van der Waals surface area contributed by atoms with Gasteiger partial charge >= 0.3 is 0 Å². The lowest BCUT2D eigenvalue weighted by atomic mass is 10.0. The Kier molecular flexibility index (Phi) is 3.57. The fraction of sp³-hybridized carbons (Fsp3) is 0. The topological polar surface area (TPSA) is 73.1 Å². The van der Waals surface area contributed by atoms with E-state index in [9.17, 15) is 9.50 Å². The van der Waals surface area contributed by atoms with Gasteiger partial charge in [0, 0.05) is 11.1 Å². The van der Waals surface area contributed by atoms with E-state index in [1.54, 1.807) is 6.07 Å². The molecule has 3 N–H and O–H groups in total. The first-order valence-corrected chi connectivity index (χ1v) is 5.60. The first-order valence-electron chi connectivity index (χ1n) is 5.22. The second-order valence-electron chi connectivity index (χ2n) is 3.78. The van der Waals surface area contributed by atoms with Crippen molar-refractivity contribution in [3.63, 3.8) is 0 Å². The van der Waals surface area contributed by atoms with Gasteiger partial charge in [-0.05, 0) is 23.8 Å². The van der Waals surface area contributed by atoms with Gasteiger partial charge in [-0.15, -0.1) is 0 Å². The minimum absolute atomic E-state index is 0.00231. The van der Waals surface area contributed by atoms with Crippen LogP contribution < -0.4 is 0 Å². The lowest BCUT2D eigenvalue weighted by Gasteiger charge is -2.09. The fourth-order valence-electron chi connectivity index (χ4n) is 1.64. The SMILES string of the molecule is O/N=C\c1ccc(-c2ccc(O)c(F)c2)c(Cl)c1O. The monoisotopic (exact) mass is 281 g/mol. The third-order valence-corrected chi connectivity index (χ3v) is 2.99. The number of halogens is 2. The second kappa shape index (κ2) is 5.16. The zero-order valence-corrected chi connectivity index (χ0v) is 10.3. The van der Waals surface area contributed by atoms with E-state index in [0.717, 1.165) is 12.3 Å². The minimum atomic E-state index is -0.783. The van der Waals surface area contributed by atoms with Crippen molar-refractivity contribution in [2.45, 2.75) is 0 Å². The highest BCUT2D eigenvalue weighted by Gasteiger charge is 2.13. The second-order valence-corrected chi connectivity index (χ2v) is 4.15. The molecule has 0 aliphatic carbocycles. The van der Waals surface area contributed by atoms with Gasteiger partial charge in [-0.3, -0.25) is 0 Å². The number of benzene rings is 2. The zero-order valence-electron chi connectivity index (χ0n) is 9.51. The number of hydrogen-bond acceptors (Lipinski definition) is 4. The highest BCUT2D eigenvalue weighted by atomic mass is 35.5. The van der Waals surface area contributed by atoms with Crippen LogP contribution in [0, 0.1) is 5.82 Å². The van der Waals surface area contributed by atoms with Crippen LogP contribution in [0.4, 0.5) is 4.39 Å². The van der Waals surface area contributed by atoms with Gasteiger partial charge < -0.3 is 15.4 Å². The van der Waals surface area contributed by atoms with Crippen molar-refractivity contribution in [1.29, 1.82) is 0 Å². The highest BCUT2D eigenvalue weighted by molar-refractivity contribution is 6.35. The van der Waals surface area contributed by atoms with Crippen LogP contribution in [0.25, 0.3) is 11.1 Å². The van der Waals surface area contributed by atoms with Crippen molar-refractivity contribution < 1.29 is 19.8 Å². The van der Waals surface area contributed by atoms with Crippen LogP contribution in [0.1, 0.15) is 5.56 Å². The van der Waals surface area contributed by atoms with E-state index in [0.29, 0.717) is 11.1 Å². The summed E-state index contributed by atoms with van der Waals surface area (Å²) in [5.74, 6) is -1.52. The van der Waals surface area contributed by atoms with Gasteiger partial charge in [0.1, 0.15) is 5.75 Å². The van der Waals surface area contributed by atoms with E-state index in [1.165, 1.54) is 18.2 Å². The van der Waals surface area contributed by atoms with Gasteiger partial charge in [-0.25, -0.2) is 4.39 Å². The molecule has 2 aromatic carbocycles. The fourth-order valence-corrected chi connectivity index (χ4v) is 1.92. The number of oxime groups is 1. The molecule has 0 aliphatic heterocycles. The van der Waals surface area contributed by atoms with Crippen LogP contribution in [0.5, 0.6) is 11.5 Å². The van der Waals surface area contributed by atoms with E-state index >= 15 is 0 Å². The van der Waals surface area contributed by atoms with Crippen LogP contribution >= 0.6 is 11.6 Å². The van der Waals surface area contributed by atoms with Crippen molar-refractivity contribution in [3.05, 3.63) is 46.7 Å². The Morgan fingerprint density at radius 2 is 1.89 bits per heavy atom. The van der Waals surface area contributed by atoms with Crippen molar-refractivity contribution in [2.75, 3.05) is 0 Å². The highest BCUT2D eigenvalue weighted by Crippen LogP contribution is 2.37.